The first kappa shape index (κ1) is 23.4. The van der Waals surface area contributed by atoms with Gasteiger partial charge < -0.3 is 14.8 Å². The van der Waals surface area contributed by atoms with Gasteiger partial charge in [-0.25, -0.2) is 0 Å². The number of amides is 2. The molecule has 1 saturated heterocycles. The number of para-hydroxylation sites is 2. The molecule has 2 aromatic carbocycles. The van der Waals surface area contributed by atoms with Crippen LogP contribution in [0.2, 0.25) is 0 Å². The number of nitrogens with zero attached hydrogens (tertiary/aromatic N) is 3. The zero-order valence-corrected chi connectivity index (χ0v) is 20.5. The van der Waals surface area contributed by atoms with Gasteiger partial charge in [-0.1, -0.05) is 42.0 Å². The van der Waals surface area contributed by atoms with Gasteiger partial charge >= 0.3 is 0 Å². The van der Waals surface area contributed by atoms with Crippen molar-refractivity contribution in [3.8, 4) is 5.69 Å². The number of benzene rings is 2. The summed E-state index contributed by atoms with van der Waals surface area (Å²) in [4.78, 5) is 29.9. The molecule has 0 aliphatic carbocycles. The standard InChI is InChI=1S/C29H34N4O2/c1-22-8-10-24(11-9-22)20-31-17-14-23(15-18-31)19-30-28(34)12-13-29(35)33-21-25-5-4-16-32(25)26-6-2-3-7-27(26)33/h2-11,16,23H,12-15,17-21H2,1H3,(H,30,34). The van der Waals surface area contributed by atoms with E-state index in [2.05, 4.69) is 46.0 Å². The molecule has 0 unspecified atom stereocenters. The van der Waals surface area contributed by atoms with Crippen LogP contribution in [0, 0.1) is 12.8 Å². The number of hydrogen-bond donors (Lipinski definition) is 1. The van der Waals surface area contributed by atoms with Gasteiger partial charge in [0.2, 0.25) is 11.8 Å². The van der Waals surface area contributed by atoms with Crippen LogP contribution in [0.1, 0.15) is 42.5 Å². The molecule has 0 bridgehead atoms. The van der Waals surface area contributed by atoms with Crippen molar-refractivity contribution < 1.29 is 9.59 Å². The topological polar surface area (TPSA) is 57.6 Å². The van der Waals surface area contributed by atoms with Crippen molar-refractivity contribution in [2.75, 3.05) is 24.5 Å². The van der Waals surface area contributed by atoms with Gasteiger partial charge in [0.05, 0.1) is 17.9 Å². The molecule has 5 rings (SSSR count). The summed E-state index contributed by atoms with van der Waals surface area (Å²) in [6.07, 6.45) is 4.65. The average Bonchev–Trinajstić information content (AvgIpc) is 3.37. The van der Waals surface area contributed by atoms with Gasteiger partial charge in [-0.05, 0) is 68.6 Å². The molecule has 6 nitrogen and oxygen atoms in total. The van der Waals surface area contributed by atoms with Crippen LogP contribution in [0.4, 0.5) is 5.69 Å². The Morgan fingerprint density at radius 1 is 0.914 bits per heavy atom. The summed E-state index contributed by atoms with van der Waals surface area (Å²) in [6, 6.07) is 20.7. The molecule has 2 amide bonds. The third-order valence-corrected chi connectivity index (χ3v) is 7.27. The van der Waals surface area contributed by atoms with E-state index in [0.717, 1.165) is 49.5 Å². The molecule has 0 radical (unpaired) electrons. The fourth-order valence-electron chi connectivity index (χ4n) is 5.15. The van der Waals surface area contributed by atoms with Crippen LogP contribution in [0.15, 0.2) is 66.9 Å². The summed E-state index contributed by atoms with van der Waals surface area (Å²) in [7, 11) is 0. The second kappa shape index (κ2) is 10.5. The Kier molecular flexibility index (Phi) is 7.00. The molecule has 2 aliphatic heterocycles. The molecule has 1 fully saturated rings. The quantitative estimate of drug-likeness (QED) is 0.555. The minimum Gasteiger partial charge on any atom is -0.356 e. The lowest BCUT2D eigenvalue weighted by atomic mass is 9.96. The van der Waals surface area contributed by atoms with Crippen LogP contribution in [0.5, 0.6) is 0 Å². The molecule has 35 heavy (non-hydrogen) atoms. The Bertz CT molecular complexity index is 1180. The lowest BCUT2D eigenvalue weighted by molar-refractivity contribution is -0.125. The Morgan fingerprint density at radius 3 is 2.43 bits per heavy atom. The third kappa shape index (κ3) is 5.49. The number of nitrogens with one attached hydrogen (secondary N) is 1. The first-order valence-electron chi connectivity index (χ1n) is 12.7. The van der Waals surface area contributed by atoms with E-state index in [1.807, 2.05) is 47.5 Å². The zero-order chi connectivity index (χ0) is 24.2. The molecular formula is C29H34N4O2. The van der Waals surface area contributed by atoms with E-state index in [1.165, 1.54) is 11.1 Å². The number of likely N-dealkylation sites (tertiary alicyclic amines) is 1. The summed E-state index contributed by atoms with van der Waals surface area (Å²) in [5.74, 6) is 0.462. The Morgan fingerprint density at radius 2 is 1.66 bits per heavy atom. The van der Waals surface area contributed by atoms with Gasteiger partial charge in [0.1, 0.15) is 0 Å². The van der Waals surface area contributed by atoms with Crippen LogP contribution < -0.4 is 10.2 Å². The molecule has 3 aromatic rings. The lowest BCUT2D eigenvalue weighted by Crippen LogP contribution is -2.39. The molecule has 3 heterocycles. The van der Waals surface area contributed by atoms with E-state index in [-0.39, 0.29) is 24.7 Å². The monoisotopic (exact) mass is 470 g/mol. The van der Waals surface area contributed by atoms with Gasteiger partial charge in [0.25, 0.3) is 0 Å². The number of carbonyl (C=O) groups is 2. The molecule has 0 saturated carbocycles. The van der Waals surface area contributed by atoms with E-state index < -0.39 is 0 Å². The van der Waals surface area contributed by atoms with Crippen LogP contribution in [-0.2, 0) is 22.7 Å². The lowest BCUT2D eigenvalue weighted by Gasteiger charge is -2.32. The normalized spacial score (nSPS) is 16.0. The number of anilines is 1. The van der Waals surface area contributed by atoms with E-state index in [1.54, 1.807) is 0 Å². The molecule has 1 N–H and O–H groups in total. The van der Waals surface area contributed by atoms with Crippen molar-refractivity contribution in [2.45, 2.75) is 45.7 Å². The highest BCUT2D eigenvalue weighted by Crippen LogP contribution is 2.32. The van der Waals surface area contributed by atoms with E-state index >= 15 is 0 Å². The predicted octanol–water partition coefficient (Wildman–Crippen LogP) is 4.44. The van der Waals surface area contributed by atoms with Gasteiger partial charge in [0.15, 0.2) is 0 Å². The first-order valence-corrected chi connectivity index (χ1v) is 12.7. The summed E-state index contributed by atoms with van der Waals surface area (Å²) in [5, 5.41) is 3.08. The summed E-state index contributed by atoms with van der Waals surface area (Å²) < 4.78 is 2.12. The van der Waals surface area contributed by atoms with Crippen LogP contribution in [0.25, 0.3) is 5.69 Å². The maximum Gasteiger partial charge on any atom is 0.227 e. The SMILES string of the molecule is Cc1ccc(CN2CCC(CNC(=O)CCC(=O)N3Cc4cccn4-c4ccccc43)CC2)cc1. The van der Waals surface area contributed by atoms with Gasteiger partial charge in [0, 0.05) is 37.8 Å². The molecule has 0 spiro atoms. The number of carbonyl (C=O) groups excluding carboxylic acids is 2. The fourth-order valence-corrected chi connectivity index (χ4v) is 5.15. The minimum absolute atomic E-state index is 0.00976. The number of aryl methyl sites for hydroxylation is 1. The van der Waals surface area contributed by atoms with Crippen molar-refractivity contribution in [3.63, 3.8) is 0 Å². The maximum absolute atomic E-state index is 13.0. The number of rotatable bonds is 7. The average molecular weight is 471 g/mol. The summed E-state index contributed by atoms with van der Waals surface area (Å²) in [6.45, 7) is 6.46. The van der Waals surface area contributed by atoms with Crippen molar-refractivity contribution in [2.24, 2.45) is 5.92 Å². The van der Waals surface area contributed by atoms with E-state index in [0.29, 0.717) is 19.0 Å². The smallest absolute Gasteiger partial charge is 0.227 e. The zero-order valence-electron chi connectivity index (χ0n) is 20.5. The molecule has 182 valence electrons. The van der Waals surface area contributed by atoms with Crippen LogP contribution in [0.3, 0.4) is 0 Å². The molecule has 1 aromatic heterocycles. The first-order chi connectivity index (χ1) is 17.1. The van der Waals surface area contributed by atoms with E-state index in [9.17, 15) is 9.59 Å². The molecule has 2 aliphatic rings. The van der Waals surface area contributed by atoms with Crippen molar-refractivity contribution >= 4 is 17.5 Å². The highest BCUT2D eigenvalue weighted by molar-refractivity contribution is 5.97. The second-order valence-electron chi connectivity index (χ2n) is 9.85. The molecular weight excluding hydrogens is 436 g/mol. The number of aromatic nitrogens is 1. The van der Waals surface area contributed by atoms with Gasteiger partial charge in [-0.15, -0.1) is 0 Å². The van der Waals surface area contributed by atoms with Gasteiger partial charge in [-0.2, -0.15) is 0 Å². The second-order valence-corrected chi connectivity index (χ2v) is 9.85. The Hall–Kier alpha value is -3.38. The molecule has 6 heteroatoms. The third-order valence-electron chi connectivity index (χ3n) is 7.27. The minimum atomic E-state index is -0.0332. The summed E-state index contributed by atoms with van der Waals surface area (Å²) in [5.41, 5.74) is 5.64. The van der Waals surface area contributed by atoms with Crippen molar-refractivity contribution in [1.82, 2.24) is 14.8 Å². The van der Waals surface area contributed by atoms with Crippen LogP contribution >= 0.6 is 0 Å². The Balaban J connectivity index is 1.05. The highest BCUT2D eigenvalue weighted by atomic mass is 16.2. The van der Waals surface area contributed by atoms with Crippen molar-refractivity contribution in [3.05, 3.63) is 83.7 Å². The maximum atomic E-state index is 13.0. The Labute approximate surface area is 207 Å². The fraction of sp³-hybridized carbons (Fsp3) is 0.379. The number of hydrogen-bond acceptors (Lipinski definition) is 3. The van der Waals surface area contributed by atoms with Gasteiger partial charge in [-0.3, -0.25) is 14.5 Å². The van der Waals surface area contributed by atoms with Crippen LogP contribution in [-0.4, -0.2) is 40.9 Å². The van der Waals surface area contributed by atoms with E-state index in [4.69, 9.17) is 0 Å². The van der Waals surface area contributed by atoms with Crippen molar-refractivity contribution in [1.29, 1.82) is 0 Å². The summed E-state index contributed by atoms with van der Waals surface area (Å²) >= 11 is 0. The number of fused-ring (bicyclic) bond motifs is 3. The number of piperidine rings is 1. The largest absolute Gasteiger partial charge is 0.356 e. The predicted molar refractivity (Wildman–Crippen MR) is 138 cm³/mol. The highest BCUT2D eigenvalue weighted by Gasteiger charge is 2.26. The molecule has 0 atom stereocenters.